The van der Waals surface area contributed by atoms with Crippen LogP contribution in [-0.4, -0.2) is 26.2 Å². The largest absolute Gasteiger partial charge is 0.344 e. The van der Waals surface area contributed by atoms with Gasteiger partial charge >= 0.3 is 0 Å². The number of hydrogen-bond donors (Lipinski definition) is 3. The van der Waals surface area contributed by atoms with E-state index in [4.69, 9.17) is 4.52 Å². The summed E-state index contributed by atoms with van der Waals surface area (Å²) < 4.78 is 5.16. The van der Waals surface area contributed by atoms with Gasteiger partial charge < -0.3 is 14.9 Å². The van der Waals surface area contributed by atoms with Gasteiger partial charge in [-0.15, -0.1) is 0 Å². The van der Waals surface area contributed by atoms with E-state index < -0.39 is 0 Å². The van der Waals surface area contributed by atoms with E-state index >= 15 is 0 Å². The lowest BCUT2D eigenvalue weighted by Gasteiger charge is -2.08. The van der Waals surface area contributed by atoms with Crippen LogP contribution in [0.1, 0.15) is 54.7 Å². The molecule has 0 spiro atoms. The van der Waals surface area contributed by atoms with Crippen LogP contribution in [0, 0.1) is 6.92 Å². The summed E-state index contributed by atoms with van der Waals surface area (Å²) in [7, 11) is 0. The molecule has 3 N–H and O–H groups in total. The van der Waals surface area contributed by atoms with Crippen LogP contribution in [0.2, 0.25) is 0 Å². The molecule has 8 nitrogen and oxygen atoms in total. The van der Waals surface area contributed by atoms with Crippen molar-refractivity contribution in [3.63, 3.8) is 0 Å². The van der Waals surface area contributed by atoms with Crippen LogP contribution in [0.25, 0.3) is 0 Å². The summed E-state index contributed by atoms with van der Waals surface area (Å²) >= 11 is 0. The average Bonchev–Trinajstić information content (AvgIpc) is 3.10. The molecular weight excluding hydrogens is 274 g/mol. The Morgan fingerprint density at radius 3 is 2.86 bits per heavy atom. The molecule has 2 heterocycles. The molecule has 1 atom stereocenters. The maximum Gasteiger partial charge on any atom is 0.267 e. The Morgan fingerprint density at radius 1 is 1.48 bits per heavy atom. The molecular formula is C13H17N5O3. The van der Waals surface area contributed by atoms with Gasteiger partial charge in [0.05, 0.1) is 6.42 Å². The number of rotatable bonds is 5. The van der Waals surface area contributed by atoms with Crippen LogP contribution in [0.3, 0.4) is 0 Å². The summed E-state index contributed by atoms with van der Waals surface area (Å²) in [5.74, 6) is 1.25. The Morgan fingerprint density at radius 2 is 2.24 bits per heavy atom. The molecule has 8 heteroatoms. The molecule has 0 radical (unpaired) electrons. The summed E-state index contributed by atoms with van der Waals surface area (Å²) in [6, 6.07) is -0.379. The zero-order valence-corrected chi connectivity index (χ0v) is 11.9. The van der Waals surface area contributed by atoms with Gasteiger partial charge in [-0.1, -0.05) is 5.16 Å². The molecule has 2 aromatic rings. The Bertz CT molecular complexity index is 709. The standard InChI is InChI=1S/C13H17N5O3/c1-6-9(12(20)17-16-6)5-10(19)14-7(2)13-15-11(18-21-13)8-3-4-8/h7-8H,3-5H2,1-2H3,(H,14,19)(H2,16,17,20). The molecule has 1 unspecified atom stereocenters. The molecule has 112 valence electrons. The van der Waals surface area contributed by atoms with Gasteiger partial charge in [0, 0.05) is 17.2 Å². The molecule has 0 aliphatic heterocycles. The van der Waals surface area contributed by atoms with Crippen molar-refractivity contribution in [3.8, 4) is 0 Å². The van der Waals surface area contributed by atoms with E-state index in [0.29, 0.717) is 28.9 Å². The summed E-state index contributed by atoms with van der Waals surface area (Å²) in [5, 5.41) is 11.8. The number of aromatic nitrogens is 4. The maximum absolute atomic E-state index is 12.0. The van der Waals surface area contributed by atoms with Gasteiger partial charge in [0.25, 0.3) is 5.56 Å². The minimum Gasteiger partial charge on any atom is -0.344 e. The van der Waals surface area contributed by atoms with E-state index in [1.54, 1.807) is 13.8 Å². The number of aryl methyl sites for hydroxylation is 1. The van der Waals surface area contributed by atoms with Crippen molar-refractivity contribution < 1.29 is 9.32 Å². The highest BCUT2D eigenvalue weighted by molar-refractivity contribution is 5.79. The second kappa shape index (κ2) is 5.19. The minimum absolute atomic E-state index is 0.0125. The normalized spacial score (nSPS) is 15.9. The molecule has 1 aliphatic carbocycles. The highest BCUT2D eigenvalue weighted by atomic mass is 16.5. The van der Waals surface area contributed by atoms with Crippen molar-refractivity contribution in [2.24, 2.45) is 0 Å². The Kier molecular flexibility index (Phi) is 3.36. The molecule has 2 aromatic heterocycles. The summed E-state index contributed by atoms with van der Waals surface area (Å²) in [4.78, 5) is 27.8. The van der Waals surface area contributed by atoms with E-state index in [2.05, 4.69) is 25.7 Å². The number of H-pyrrole nitrogens is 2. The second-order valence-electron chi connectivity index (χ2n) is 5.41. The molecule has 1 aliphatic rings. The third kappa shape index (κ3) is 2.88. The maximum atomic E-state index is 12.0. The van der Waals surface area contributed by atoms with Crippen molar-refractivity contribution in [2.45, 2.75) is 45.1 Å². The van der Waals surface area contributed by atoms with Gasteiger partial charge in [-0.05, 0) is 26.7 Å². The first-order chi connectivity index (χ1) is 10.0. The molecule has 21 heavy (non-hydrogen) atoms. The number of nitrogens with zero attached hydrogens (tertiary/aromatic N) is 2. The molecule has 0 bridgehead atoms. The van der Waals surface area contributed by atoms with E-state index in [9.17, 15) is 9.59 Å². The van der Waals surface area contributed by atoms with Crippen molar-refractivity contribution in [1.29, 1.82) is 0 Å². The lowest BCUT2D eigenvalue weighted by molar-refractivity contribution is -0.121. The Labute approximate surface area is 120 Å². The Hall–Kier alpha value is -2.38. The molecule has 1 saturated carbocycles. The summed E-state index contributed by atoms with van der Waals surface area (Å²) in [6.45, 7) is 3.51. The first kappa shape index (κ1) is 13.6. The number of amides is 1. The fourth-order valence-corrected chi connectivity index (χ4v) is 2.13. The smallest absolute Gasteiger partial charge is 0.267 e. The molecule has 0 saturated heterocycles. The number of aromatic amines is 2. The second-order valence-corrected chi connectivity index (χ2v) is 5.41. The fourth-order valence-electron chi connectivity index (χ4n) is 2.13. The molecule has 1 fully saturated rings. The number of nitrogens with one attached hydrogen (secondary N) is 3. The van der Waals surface area contributed by atoms with E-state index in [0.717, 1.165) is 12.8 Å². The SMILES string of the molecule is Cc1[nH][nH]c(=O)c1CC(=O)NC(C)c1nc(C2CC2)no1. The van der Waals surface area contributed by atoms with Gasteiger partial charge in [0.1, 0.15) is 6.04 Å². The van der Waals surface area contributed by atoms with Crippen LogP contribution in [0.5, 0.6) is 0 Å². The van der Waals surface area contributed by atoms with E-state index in [1.165, 1.54) is 0 Å². The van der Waals surface area contributed by atoms with Crippen LogP contribution in [0.4, 0.5) is 0 Å². The van der Waals surface area contributed by atoms with E-state index in [1.807, 2.05) is 0 Å². The van der Waals surface area contributed by atoms with Crippen molar-refractivity contribution in [1.82, 2.24) is 25.7 Å². The predicted octanol–water partition coefficient (Wildman–Crippen LogP) is 0.692. The Balaban J connectivity index is 1.62. The first-order valence-corrected chi connectivity index (χ1v) is 6.93. The van der Waals surface area contributed by atoms with Gasteiger partial charge in [0.2, 0.25) is 11.8 Å². The quantitative estimate of drug-likeness (QED) is 0.749. The number of hydrogen-bond acceptors (Lipinski definition) is 5. The predicted molar refractivity (Wildman–Crippen MR) is 72.7 cm³/mol. The zero-order valence-electron chi connectivity index (χ0n) is 11.9. The van der Waals surface area contributed by atoms with Crippen molar-refractivity contribution in [2.75, 3.05) is 0 Å². The highest BCUT2D eigenvalue weighted by Gasteiger charge is 2.29. The van der Waals surface area contributed by atoms with Gasteiger partial charge in [-0.2, -0.15) is 4.98 Å². The lowest BCUT2D eigenvalue weighted by atomic mass is 10.1. The monoisotopic (exact) mass is 291 g/mol. The van der Waals surface area contributed by atoms with Gasteiger partial charge in [-0.3, -0.25) is 14.7 Å². The van der Waals surface area contributed by atoms with Gasteiger partial charge in [0.15, 0.2) is 5.82 Å². The van der Waals surface area contributed by atoms with Crippen LogP contribution < -0.4 is 10.9 Å². The van der Waals surface area contributed by atoms with Crippen molar-refractivity contribution >= 4 is 5.91 Å². The third-order valence-electron chi connectivity index (χ3n) is 3.58. The van der Waals surface area contributed by atoms with Gasteiger partial charge in [-0.25, -0.2) is 0 Å². The molecule has 3 rings (SSSR count). The van der Waals surface area contributed by atoms with Crippen LogP contribution in [-0.2, 0) is 11.2 Å². The van der Waals surface area contributed by atoms with Crippen LogP contribution in [0.15, 0.2) is 9.32 Å². The third-order valence-corrected chi connectivity index (χ3v) is 3.58. The number of carbonyl (C=O) groups excluding carboxylic acids is 1. The molecule has 0 aromatic carbocycles. The zero-order chi connectivity index (χ0) is 15.0. The first-order valence-electron chi connectivity index (χ1n) is 6.93. The van der Waals surface area contributed by atoms with Crippen molar-refractivity contribution in [3.05, 3.63) is 33.3 Å². The lowest BCUT2D eigenvalue weighted by Crippen LogP contribution is -2.29. The molecule has 1 amide bonds. The highest BCUT2D eigenvalue weighted by Crippen LogP contribution is 2.38. The summed E-state index contributed by atoms with van der Waals surface area (Å²) in [6.07, 6.45) is 2.20. The van der Waals surface area contributed by atoms with E-state index in [-0.39, 0.29) is 23.9 Å². The minimum atomic E-state index is -0.379. The number of carbonyl (C=O) groups is 1. The summed E-state index contributed by atoms with van der Waals surface area (Å²) in [5.41, 5.74) is 0.824. The fraction of sp³-hybridized carbons (Fsp3) is 0.538. The average molecular weight is 291 g/mol. The topological polar surface area (TPSA) is 117 Å². The van der Waals surface area contributed by atoms with Crippen LogP contribution >= 0.6 is 0 Å².